The average Bonchev–Trinajstić information content (AvgIpc) is 2.79. The first kappa shape index (κ1) is 38.8. The first-order valence-corrected chi connectivity index (χ1v) is 22.7. The molecule has 0 fully saturated rings. The Hall–Kier alpha value is 1.68. The van der Waals surface area contributed by atoms with Crippen molar-refractivity contribution in [1.29, 1.82) is 0 Å². The van der Waals surface area contributed by atoms with Gasteiger partial charge in [-0.25, -0.2) is 0 Å². The maximum absolute atomic E-state index is 5.92. The Kier molecular flexibility index (Phi) is 27.4. The standard InChI is InChI=1S/C18H42O6S4Si2.C4H10S/c1-7-19-29(20-8-2,21-9-3)17-13-15-27-28(25,26)16-14-18-30(22-10-4,23-11-5)24-12-6;1-2-3-4-5/h7-18H2,1-6H3;5H,2-4H2,1H3. The Labute approximate surface area is 238 Å². The van der Waals surface area contributed by atoms with Crippen molar-refractivity contribution >= 4 is 69.6 Å². The molecule has 35 heavy (non-hydrogen) atoms. The molecule has 0 radical (unpaired) electrons. The Morgan fingerprint density at radius 1 is 0.629 bits per heavy atom. The lowest BCUT2D eigenvalue weighted by Crippen LogP contribution is -2.46. The molecule has 0 bridgehead atoms. The summed E-state index contributed by atoms with van der Waals surface area (Å²) in [6.45, 7) is 17.6. The summed E-state index contributed by atoms with van der Waals surface area (Å²) in [4.78, 5) is 0. The SMILES string of the molecule is CCCCS.CCO[Si](CCCSS(=S)(=S)CCC[Si](OCC)(OCC)OCC)(OCC)OCC. The van der Waals surface area contributed by atoms with Gasteiger partial charge in [-0.05, 0) is 95.1 Å². The van der Waals surface area contributed by atoms with Crippen LogP contribution in [0.25, 0.3) is 0 Å². The number of unbranched alkanes of at least 4 members (excludes halogenated alkanes) is 1. The van der Waals surface area contributed by atoms with E-state index in [0.717, 1.165) is 42.2 Å². The summed E-state index contributed by atoms with van der Waals surface area (Å²) < 4.78 is 35.5. The number of thiol groups is 1. The summed E-state index contributed by atoms with van der Waals surface area (Å²) in [6.07, 6.45) is 2.75. The van der Waals surface area contributed by atoms with Gasteiger partial charge in [0.1, 0.15) is 0 Å². The fourth-order valence-electron chi connectivity index (χ4n) is 3.16. The second kappa shape index (κ2) is 24.7. The van der Waals surface area contributed by atoms with Crippen LogP contribution in [0.1, 0.15) is 74.1 Å². The molecule has 0 N–H and O–H groups in total. The van der Waals surface area contributed by atoms with Gasteiger partial charge in [0.25, 0.3) is 0 Å². The van der Waals surface area contributed by atoms with Crippen LogP contribution >= 0.6 is 23.4 Å². The molecule has 0 saturated carbocycles. The molecule has 0 aliphatic rings. The third kappa shape index (κ3) is 20.3. The highest BCUT2D eigenvalue weighted by molar-refractivity contribution is 8.97. The van der Waals surface area contributed by atoms with Gasteiger partial charge in [-0.3, -0.25) is 0 Å². The van der Waals surface area contributed by atoms with Crippen LogP contribution in [-0.2, 0) is 55.1 Å². The second-order valence-corrected chi connectivity index (χ2v) is 23.1. The van der Waals surface area contributed by atoms with E-state index in [1.807, 2.05) is 41.5 Å². The zero-order chi connectivity index (χ0) is 27.1. The van der Waals surface area contributed by atoms with Crippen molar-refractivity contribution in [2.45, 2.75) is 86.2 Å². The lowest BCUT2D eigenvalue weighted by atomic mass is 10.4. The molecule has 0 heterocycles. The number of hydrogen-bond donors (Lipinski definition) is 1. The third-order valence-electron chi connectivity index (χ3n) is 4.46. The minimum absolute atomic E-state index is 0.589. The molecular weight excluding hydrogens is 577 g/mol. The predicted molar refractivity (Wildman–Crippen MR) is 168 cm³/mol. The zero-order valence-corrected chi connectivity index (χ0v) is 29.3. The van der Waals surface area contributed by atoms with Crippen molar-refractivity contribution in [3.8, 4) is 0 Å². The molecular formula is C22H52O6S5Si2. The number of rotatable bonds is 23. The van der Waals surface area contributed by atoms with E-state index in [9.17, 15) is 0 Å². The fourth-order valence-corrected chi connectivity index (χ4v) is 14.1. The van der Waals surface area contributed by atoms with Crippen molar-refractivity contribution < 1.29 is 26.6 Å². The highest BCUT2D eigenvalue weighted by atomic mass is 33.5. The monoisotopic (exact) mass is 628 g/mol. The Morgan fingerprint density at radius 3 is 1.29 bits per heavy atom. The first-order chi connectivity index (χ1) is 16.7. The van der Waals surface area contributed by atoms with Gasteiger partial charge in [0, 0.05) is 63.2 Å². The predicted octanol–water partition coefficient (Wildman–Crippen LogP) is 6.31. The van der Waals surface area contributed by atoms with Crippen molar-refractivity contribution in [2.24, 2.45) is 0 Å². The number of hydrogen-bond acceptors (Lipinski definition) is 10. The fraction of sp³-hybridized carbons (Fsp3) is 1.00. The van der Waals surface area contributed by atoms with E-state index >= 15 is 0 Å². The van der Waals surface area contributed by atoms with Gasteiger partial charge in [0.2, 0.25) is 0 Å². The van der Waals surface area contributed by atoms with Gasteiger partial charge in [0.15, 0.2) is 0 Å². The summed E-state index contributed by atoms with van der Waals surface area (Å²) in [5.74, 6) is 2.75. The Bertz CT molecular complexity index is 537. The lowest BCUT2D eigenvalue weighted by molar-refractivity contribution is 0.0704. The molecule has 0 aromatic heterocycles. The normalized spacial score (nSPS) is 12.5. The molecule has 13 heteroatoms. The van der Waals surface area contributed by atoms with E-state index in [0.29, 0.717) is 39.6 Å². The van der Waals surface area contributed by atoms with Gasteiger partial charge < -0.3 is 26.6 Å². The average molecular weight is 629 g/mol. The summed E-state index contributed by atoms with van der Waals surface area (Å²) >= 11 is 15.5. The summed E-state index contributed by atoms with van der Waals surface area (Å²) in [5, 5.41) is 0. The van der Waals surface area contributed by atoms with E-state index in [1.54, 1.807) is 10.8 Å². The van der Waals surface area contributed by atoms with Gasteiger partial charge in [0.05, 0.1) is 0 Å². The zero-order valence-electron chi connectivity index (χ0n) is 23.1. The highest BCUT2D eigenvalue weighted by Gasteiger charge is 2.40. The van der Waals surface area contributed by atoms with Crippen LogP contribution < -0.4 is 0 Å². The van der Waals surface area contributed by atoms with Gasteiger partial charge in [-0.2, -0.15) is 12.6 Å². The van der Waals surface area contributed by atoms with Crippen LogP contribution in [0.4, 0.5) is 0 Å². The van der Waals surface area contributed by atoms with Gasteiger partial charge in [-0.1, -0.05) is 24.1 Å². The first-order valence-electron chi connectivity index (χ1n) is 13.0. The Morgan fingerprint density at radius 2 is 1.00 bits per heavy atom. The van der Waals surface area contributed by atoms with Crippen LogP contribution in [0.5, 0.6) is 0 Å². The van der Waals surface area contributed by atoms with Crippen LogP contribution in [-0.4, -0.2) is 74.5 Å². The molecule has 0 unspecified atom stereocenters. The van der Waals surface area contributed by atoms with Crippen molar-refractivity contribution in [3.63, 3.8) is 0 Å². The van der Waals surface area contributed by atoms with E-state index in [4.69, 9.17) is 48.9 Å². The minimum Gasteiger partial charge on any atom is -0.374 e. The molecule has 0 atom stereocenters. The van der Waals surface area contributed by atoms with Crippen LogP contribution in [0, 0.1) is 0 Å². The van der Waals surface area contributed by atoms with Gasteiger partial charge in [-0.15, -0.1) is 0 Å². The van der Waals surface area contributed by atoms with Crippen LogP contribution in [0.2, 0.25) is 12.1 Å². The van der Waals surface area contributed by atoms with E-state index < -0.39 is 23.8 Å². The molecule has 0 rings (SSSR count). The molecule has 0 aliphatic carbocycles. The van der Waals surface area contributed by atoms with E-state index in [1.165, 1.54) is 12.8 Å². The molecule has 6 nitrogen and oxygen atoms in total. The smallest absolute Gasteiger partial charge is 0.374 e. The molecule has 0 saturated heterocycles. The topological polar surface area (TPSA) is 55.4 Å². The maximum Gasteiger partial charge on any atom is 0.500 e. The summed E-state index contributed by atoms with van der Waals surface area (Å²) in [7, 11) is -3.48. The van der Waals surface area contributed by atoms with Crippen molar-refractivity contribution in [3.05, 3.63) is 0 Å². The maximum atomic E-state index is 5.92. The second-order valence-electron chi connectivity index (χ2n) is 7.33. The Balaban J connectivity index is 0. The molecule has 0 spiro atoms. The highest BCUT2D eigenvalue weighted by Crippen LogP contribution is 2.25. The van der Waals surface area contributed by atoms with Crippen molar-refractivity contribution in [2.75, 3.05) is 56.9 Å². The molecule has 0 aliphatic heterocycles. The summed E-state index contributed by atoms with van der Waals surface area (Å²) in [6, 6.07) is 1.56. The van der Waals surface area contributed by atoms with E-state index in [2.05, 4.69) is 19.6 Å². The van der Waals surface area contributed by atoms with Gasteiger partial charge >= 0.3 is 17.6 Å². The van der Waals surface area contributed by atoms with Crippen molar-refractivity contribution in [1.82, 2.24) is 0 Å². The molecule has 0 aromatic rings. The molecule has 0 amide bonds. The summed E-state index contributed by atoms with van der Waals surface area (Å²) in [5.41, 5.74) is 0. The third-order valence-corrected chi connectivity index (χ3v) is 17.5. The minimum atomic E-state index is -2.62. The largest absolute Gasteiger partial charge is 0.500 e. The molecule has 0 aromatic carbocycles. The molecule has 214 valence electrons. The quantitative estimate of drug-likeness (QED) is 0.0608. The lowest BCUT2D eigenvalue weighted by Gasteiger charge is -2.29. The van der Waals surface area contributed by atoms with E-state index in [-0.39, 0.29) is 0 Å². The van der Waals surface area contributed by atoms with Crippen LogP contribution in [0.3, 0.4) is 0 Å². The van der Waals surface area contributed by atoms with Crippen LogP contribution in [0.15, 0.2) is 0 Å².